The highest BCUT2D eigenvalue weighted by molar-refractivity contribution is 7.09. The molecule has 0 spiro atoms. The molecule has 1 aromatic heterocycles. The van der Waals surface area contributed by atoms with Crippen molar-refractivity contribution in [2.45, 2.75) is 18.8 Å². The topological polar surface area (TPSA) is 75.0 Å². The lowest BCUT2D eigenvalue weighted by Gasteiger charge is -2.07. The fourth-order valence-electron chi connectivity index (χ4n) is 2.12. The van der Waals surface area contributed by atoms with Gasteiger partial charge in [-0.2, -0.15) is 5.26 Å². The number of hydrogen-bond donors (Lipinski definition) is 1. The Morgan fingerprint density at radius 3 is 2.96 bits per heavy atom. The van der Waals surface area contributed by atoms with Gasteiger partial charge in [0.2, 0.25) is 0 Å². The van der Waals surface area contributed by atoms with Gasteiger partial charge in [-0.3, -0.25) is 4.79 Å². The second-order valence-corrected chi connectivity index (χ2v) is 6.66. The average Bonchev–Trinajstić information content (AvgIpc) is 3.32. The smallest absolute Gasteiger partial charge is 0.266 e. The van der Waals surface area contributed by atoms with E-state index in [9.17, 15) is 10.1 Å². The molecule has 122 valence electrons. The van der Waals surface area contributed by atoms with Crippen molar-refractivity contribution >= 4 is 40.6 Å². The summed E-state index contributed by atoms with van der Waals surface area (Å²) in [6.07, 6.45) is 3.84. The number of hydrogen-bond acceptors (Lipinski definition) is 5. The van der Waals surface area contributed by atoms with Gasteiger partial charge < -0.3 is 10.1 Å². The third-order valence-electron chi connectivity index (χ3n) is 3.53. The van der Waals surface area contributed by atoms with Crippen LogP contribution in [0, 0.1) is 11.3 Å². The molecule has 0 aliphatic heterocycles. The molecule has 1 aromatic carbocycles. The van der Waals surface area contributed by atoms with Crippen LogP contribution >= 0.6 is 22.9 Å². The summed E-state index contributed by atoms with van der Waals surface area (Å²) in [6, 6.07) is 6.80. The van der Waals surface area contributed by atoms with Crippen LogP contribution in [0.3, 0.4) is 0 Å². The number of nitrogens with zero attached hydrogens (tertiary/aromatic N) is 2. The van der Waals surface area contributed by atoms with Gasteiger partial charge in [0, 0.05) is 17.0 Å². The molecule has 1 heterocycles. The van der Waals surface area contributed by atoms with Crippen molar-refractivity contribution in [2.24, 2.45) is 0 Å². The normalized spacial score (nSPS) is 14.1. The molecule has 7 heteroatoms. The Labute approximate surface area is 148 Å². The molecule has 1 N–H and O–H groups in total. The Bertz CT molecular complexity index is 850. The van der Waals surface area contributed by atoms with E-state index in [0.29, 0.717) is 28.1 Å². The fourth-order valence-corrected chi connectivity index (χ4v) is 3.33. The van der Waals surface area contributed by atoms with Crippen LogP contribution in [0.5, 0.6) is 5.75 Å². The van der Waals surface area contributed by atoms with Crippen LogP contribution in [0.15, 0.2) is 29.2 Å². The summed E-state index contributed by atoms with van der Waals surface area (Å²) >= 11 is 7.60. The number of aromatic nitrogens is 1. The monoisotopic (exact) mass is 359 g/mol. The maximum absolute atomic E-state index is 12.3. The highest BCUT2D eigenvalue weighted by atomic mass is 35.5. The van der Waals surface area contributed by atoms with Crippen molar-refractivity contribution in [3.63, 3.8) is 0 Å². The summed E-state index contributed by atoms with van der Waals surface area (Å²) in [5, 5.41) is 15.2. The first-order valence-electron chi connectivity index (χ1n) is 7.33. The maximum atomic E-state index is 12.3. The molecule has 0 atom stereocenters. The molecule has 0 unspecified atom stereocenters. The van der Waals surface area contributed by atoms with Crippen LogP contribution in [0.4, 0.5) is 5.69 Å². The summed E-state index contributed by atoms with van der Waals surface area (Å²) in [4.78, 5) is 16.7. The van der Waals surface area contributed by atoms with Crippen LogP contribution in [-0.2, 0) is 4.79 Å². The molecule has 1 aliphatic rings. The quantitative estimate of drug-likeness (QED) is 0.640. The highest BCUT2D eigenvalue weighted by Gasteiger charge is 2.26. The van der Waals surface area contributed by atoms with E-state index in [1.54, 1.807) is 29.5 Å². The van der Waals surface area contributed by atoms with Crippen molar-refractivity contribution in [1.29, 1.82) is 5.26 Å². The number of benzene rings is 1. The Morgan fingerprint density at radius 1 is 1.54 bits per heavy atom. The number of amides is 1. The van der Waals surface area contributed by atoms with E-state index in [4.69, 9.17) is 16.3 Å². The van der Waals surface area contributed by atoms with E-state index in [1.807, 2.05) is 11.4 Å². The van der Waals surface area contributed by atoms with E-state index in [-0.39, 0.29) is 5.57 Å². The molecule has 5 nitrogen and oxygen atoms in total. The van der Waals surface area contributed by atoms with Gasteiger partial charge in [-0.25, -0.2) is 4.98 Å². The standard InChI is InChI=1S/C17H14ClN3O2S/c1-23-15-5-4-12(7-14(15)18)20-16(22)11(8-19)6-13-9-24-17(21-13)10-2-3-10/h4-7,9-10H,2-3H2,1H3,(H,20,22)/b11-6-. The minimum Gasteiger partial charge on any atom is -0.495 e. The van der Waals surface area contributed by atoms with E-state index >= 15 is 0 Å². The molecule has 24 heavy (non-hydrogen) atoms. The molecule has 2 aromatic rings. The zero-order valence-corrected chi connectivity index (χ0v) is 14.4. The van der Waals surface area contributed by atoms with Gasteiger partial charge >= 0.3 is 0 Å². The second kappa shape index (κ2) is 7.04. The number of rotatable bonds is 5. The van der Waals surface area contributed by atoms with Crippen molar-refractivity contribution in [3.8, 4) is 11.8 Å². The Morgan fingerprint density at radius 2 is 2.33 bits per heavy atom. The number of carbonyl (C=O) groups excluding carboxylic acids is 1. The minimum atomic E-state index is -0.500. The van der Waals surface area contributed by atoms with Gasteiger partial charge in [0.1, 0.15) is 17.4 Å². The maximum Gasteiger partial charge on any atom is 0.266 e. The molecule has 1 aliphatic carbocycles. The van der Waals surface area contributed by atoms with Crippen molar-refractivity contribution < 1.29 is 9.53 Å². The lowest BCUT2D eigenvalue weighted by Crippen LogP contribution is -2.13. The summed E-state index contributed by atoms with van der Waals surface area (Å²) in [6.45, 7) is 0. The SMILES string of the molecule is COc1ccc(NC(=O)/C(C#N)=C\c2csc(C3CC3)n2)cc1Cl. The first-order chi connectivity index (χ1) is 11.6. The molecule has 0 bridgehead atoms. The van der Waals surface area contributed by atoms with Gasteiger partial charge in [0.05, 0.1) is 22.8 Å². The summed E-state index contributed by atoms with van der Waals surface area (Å²) in [7, 11) is 1.51. The van der Waals surface area contributed by atoms with Crippen molar-refractivity contribution in [1.82, 2.24) is 4.98 Å². The van der Waals surface area contributed by atoms with Crippen LogP contribution in [0.1, 0.15) is 29.5 Å². The largest absolute Gasteiger partial charge is 0.495 e. The van der Waals surface area contributed by atoms with E-state index in [1.165, 1.54) is 26.0 Å². The number of anilines is 1. The lowest BCUT2D eigenvalue weighted by atomic mass is 10.2. The molecular formula is C17H14ClN3O2S. The number of nitrogens with one attached hydrogen (secondary N) is 1. The van der Waals surface area contributed by atoms with Gasteiger partial charge in [-0.15, -0.1) is 11.3 Å². The van der Waals surface area contributed by atoms with E-state index < -0.39 is 5.91 Å². The Kier molecular flexibility index (Phi) is 4.84. The predicted molar refractivity (Wildman–Crippen MR) is 94.3 cm³/mol. The second-order valence-electron chi connectivity index (χ2n) is 5.36. The van der Waals surface area contributed by atoms with Gasteiger partial charge in [-0.1, -0.05) is 11.6 Å². The highest BCUT2D eigenvalue weighted by Crippen LogP contribution is 2.41. The van der Waals surface area contributed by atoms with Crippen molar-refractivity contribution in [2.75, 3.05) is 12.4 Å². The number of nitriles is 1. The lowest BCUT2D eigenvalue weighted by molar-refractivity contribution is -0.112. The molecule has 3 rings (SSSR count). The fraction of sp³-hybridized carbons (Fsp3) is 0.235. The molecule has 1 saturated carbocycles. The Hall–Kier alpha value is -2.36. The molecule has 1 fully saturated rings. The van der Waals surface area contributed by atoms with Crippen LogP contribution in [0.2, 0.25) is 5.02 Å². The first kappa shape index (κ1) is 16.5. The zero-order chi connectivity index (χ0) is 17.1. The summed E-state index contributed by atoms with van der Waals surface area (Å²) in [5.74, 6) is 0.568. The first-order valence-corrected chi connectivity index (χ1v) is 8.58. The third kappa shape index (κ3) is 3.75. The number of thiazole rings is 1. The third-order valence-corrected chi connectivity index (χ3v) is 4.85. The number of halogens is 1. The minimum absolute atomic E-state index is 0.00501. The van der Waals surface area contributed by atoms with Gasteiger partial charge in [0.25, 0.3) is 5.91 Å². The molecule has 1 amide bonds. The predicted octanol–water partition coefficient (Wildman–Crippen LogP) is 4.23. The summed E-state index contributed by atoms with van der Waals surface area (Å²) in [5.41, 5.74) is 1.12. The van der Waals surface area contributed by atoms with Crippen LogP contribution in [-0.4, -0.2) is 18.0 Å². The van der Waals surface area contributed by atoms with Gasteiger partial charge in [-0.05, 0) is 37.1 Å². The van der Waals surface area contributed by atoms with E-state index in [0.717, 1.165) is 5.01 Å². The van der Waals surface area contributed by atoms with Crippen LogP contribution < -0.4 is 10.1 Å². The van der Waals surface area contributed by atoms with Crippen LogP contribution in [0.25, 0.3) is 6.08 Å². The van der Waals surface area contributed by atoms with Crippen molar-refractivity contribution in [3.05, 3.63) is 44.9 Å². The zero-order valence-electron chi connectivity index (χ0n) is 12.9. The molecule has 0 saturated heterocycles. The van der Waals surface area contributed by atoms with E-state index in [2.05, 4.69) is 10.3 Å². The molecule has 0 radical (unpaired) electrons. The number of carbonyl (C=O) groups is 1. The number of methoxy groups -OCH3 is 1. The summed E-state index contributed by atoms with van der Waals surface area (Å²) < 4.78 is 5.06. The van der Waals surface area contributed by atoms with Gasteiger partial charge in [0.15, 0.2) is 0 Å². The average molecular weight is 360 g/mol. The number of ether oxygens (including phenoxy) is 1. The Balaban J connectivity index is 1.74. The molecular weight excluding hydrogens is 346 g/mol.